The van der Waals surface area contributed by atoms with Crippen LogP contribution in [0.1, 0.15) is 58.7 Å². The van der Waals surface area contributed by atoms with Gasteiger partial charge in [-0.15, -0.1) is 0 Å². The highest BCUT2D eigenvalue weighted by atomic mass is 14.9. The van der Waals surface area contributed by atoms with E-state index in [4.69, 9.17) is 0 Å². The first-order valence-electron chi connectivity index (χ1n) is 7.21. The zero-order valence-electron chi connectivity index (χ0n) is 12.8. The van der Waals surface area contributed by atoms with Crippen LogP contribution in [-0.4, -0.2) is 7.05 Å². The highest BCUT2D eigenvalue weighted by molar-refractivity contribution is 5.50. The molecule has 0 aliphatic heterocycles. The van der Waals surface area contributed by atoms with Crippen molar-refractivity contribution in [3.8, 4) is 0 Å². The first-order valence-corrected chi connectivity index (χ1v) is 7.21. The summed E-state index contributed by atoms with van der Waals surface area (Å²) < 4.78 is 0. The molecule has 1 saturated carbocycles. The third-order valence-corrected chi connectivity index (χ3v) is 5.02. The van der Waals surface area contributed by atoms with E-state index < -0.39 is 0 Å². The van der Waals surface area contributed by atoms with Crippen LogP contribution in [-0.2, 0) is 0 Å². The van der Waals surface area contributed by atoms with E-state index in [1.54, 1.807) is 5.56 Å². The fourth-order valence-electron chi connectivity index (χ4n) is 3.12. The summed E-state index contributed by atoms with van der Waals surface area (Å²) >= 11 is 0. The van der Waals surface area contributed by atoms with E-state index in [0.717, 1.165) is 5.92 Å². The minimum atomic E-state index is 0.537. The average Bonchev–Trinajstić information content (AvgIpc) is 3.16. The van der Waals surface area contributed by atoms with Crippen LogP contribution in [0.25, 0.3) is 0 Å². The summed E-state index contributed by atoms with van der Waals surface area (Å²) in [6.07, 6.45) is 4.17. The summed E-state index contributed by atoms with van der Waals surface area (Å²) in [5.74, 6) is 0.961. The van der Waals surface area contributed by atoms with Gasteiger partial charge in [-0.05, 0) is 87.4 Å². The first kappa shape index (κ1) is 13.6. The molecular formula is C17H27N. The van der Waals surface area contributed by atoms with Crippen LogP contribution in [0, 0.1) is 40.5 Å². The van der Waals surface area contributed by atoms with Crippen LogP contribution >= 0.6 is 0 Å². The van der Waals surface area contributed by atoms with Gasteiger partial charge in [-0.25, -0.2) is 0 Å². The molecule has 0 radical (unpaired) electrons. The molecule has 1 aromatic rings. The summed E-state index contributed by atoms with van der Waals surface area (Å²) in [7, 11) is 2.11. The molecule has 1 aliphatic rings. The van der Waals surface area contributed by atoms with Gasteiger partial charge in [-0.1, -0.05) is 12.8 Å². The van der Waals surface area contributed by atoms with E-state index in [9.17, 15) is 0 Å². The Labute approximate surface area is 112 Å². The molecule has 1 heteroatoms. The summed E-state index contributed by atoms with van der Waals surface area (Å²) in [6, 6.07) is 0.537. The number of rotatable bonds is 4. The first-order chi connectivity index (χ1) is 8.47. The lowest BCUT2D eigenvalue weighted by Crippen LogP contribution is -2.20. The second-order valence-corrected chi connectivity index (χ2v) is 6.06. The van der Waals surface area contributed by atoms with E-state index in [1.807, 2.05) is 0 Å². The zero-order chi connectivity index (χ0) is 13.4. The molecule has 0 saturated heterocycles. The molecule has 1 nitrogen and oxygen atoms in total. The second kappa shape index (κ2) is 5.05. The van der Waals surface area contributed by atoms with E-state index in [0.29, 0.717) is 6.04 Å². The maximum Gasteiger partial charge on any atom is 0.0325 e. The minimum absolute atomic E-state index is 0.537. The van der Waals surface area contributed by atoms with Crippen LogP contribution in [0.4, 0.5) is 0 Å². The van der Waals surface area contributed by atoms with Crippen molar-refractivity contribution in [1.82, 2.24) is 5.32 Å². The van der Waals surface area contributed by atoms with Crippen molar-refractivity contribution >= 4 is 0 Å². The number of hydrogen-bond acceptors (Lipinski definition) is 1. The van der Waals surface area contributed by atoms with Crippen LogP contribution < -0.4 is 5.32 Å². The Morgan fingerprint density at radius 2 is 1.33 bits per heavy atom. The van der Waals surface area contributed by atoms with Crippen LogP contribution in [0.15, 0.2) is 0 Å². The van der Waals surface area contributed by atoms with Crippen molar-refractivity contribution in [2.45, 2.75) is 59.9 Å². The molecule has 1 unspecified atom stereocenters. The Balaban J connectivity index is 2.47. The van der Waals surface area contributed by atoms with Gasteiger partial charge in [0.15, 0.2) is 0 Å². The van der Waals surface area contributed by atoms with Gasteiger partial charge in [-0.3, -0.25) is 0 Å². The van der Waals surface area contributed by atoms with Crippen molar-refractivity contribution < 1.29 is 0 Å². The Bertz CT molecular complexity index is 426. The van der Waals surface area contributed by atoms with Gasteiger partial charge in [0.1, 0.15) is 0 Å². The largest absolute Gasteiger partial charge is 0.313 e. The monoisotopic (exact) mass is 245 g/mol. The summed E-state index contributed by atoms with van der Waals surface area (Å²) in [5, 5.41) is 3.55. The van der Waals surface area contributed by atoms with Crippen LogP contribution in [0.2, 0.25) is 0 Å². The predicted octanol–water partition coefficient (Wildman–Crippen LogP) is 4.29. The van der Waals surface area contributed by atoms with Crippen molar-refractivity contribution in [3.05, 3.63) is 33.4 Å². The highest BCUT2D eigenvalue weighted by Crippen LogP contribution is 2.40. The van der Waals surface area contributed by atoms with Crippen molar-refractivity contribution in [2.75, 3.05) is 7.05 Å². The van der Waals surface area contributed by atoms with Crippen LogP contribution in [0.5, 0.6) is 0 Å². The highest BCUT2D eigenvalue weighted by Gasteiger charge is 2.28. The maximum absolute atomic E-state index is 3.55. The lowest BCUT2D eigenvalue weighted by atomic mass is 9.85. The fourth-order valence-corrected chi connectivity index (χ4v) is 3.12. The van der Waals surface area contributed by atoms with Gasteiger partial charge in [0.2, 0.25) is 0 Å². The fraction of sp³-hybridized carbons (Fsp3) is 0.647. The minimum Gasteiger partial charge on any atom is -0.313 e. The molecule has 1 aromatic carbocycles. The van der Waals surface area contributed by atoms with Gasteiger partial charge in [-0.2, -0.15) is 0 Å². The Kier molecular flexibility index (Phi) is 3.82. The molecule has 0 aromatic heterocycles. The molecule has 100 valence electrons. The zero-order valence-corrected chi connectivity index (χ0v) is 12.8. The Hall–Kier alpha value is -0.820. The molecule has 0 heterocycles. The maximum atomic E-state index is 3.55. The standard InChI is InChI=1S/C17H27N/c1-10-11(2)13(4)17(14(5)12(10)3)16(18-6)9-15-7-8-15/h15-16,18H,7-9H2,1-6H3. The Morgan fingerprint density at radius 1 is 0.889 bits per heavy atom. The van der Waals surface area contributed by atoms with Gasteiger partial charge in [0.05, 0.1) is 0 Å². The quantitative estimate of drug-likeness (QED) is 0.834. The number of nitrogens with one attached hydrogen (secondary N) is 1. The number of benzene rings is 1. The summed E-state index contributed by atoms with van der Waals surface area (Å²) in [5.41, 5.74) is 8.97. The van der Waals surface area contributed by atoms with Crippen molar-refractivity contribution in [2.24, 2.45) is 5.92 Å². The van der Waals surface area contributed by atoms with E-state index in [2.05, 4.69) is 47.0 Å². The molecule has 18 heavy (non-hydrogen) atoms. The second-order valence-electron chi connectivity index (χ2n) is 6.06. The third kappa shape index (κ3) is 2.33. The summed E-state index contributed by atoms with van der Waals surface area (Å²) in [6.45, 7) is 11.4. The third-order valence-electron chi connectivity index (χ3n) is 5.02. The molecular weight excluding hydrogens is 218 g/mol. The topological polar surface area (TPSA) is 12.0 Å². The van der Waals surface area contributed by atoms with E-state index >= 15 is 0 Å². The molecule has 1 fully saturated rings. The molecule has 1 atom stereocenters. The lowest BCUT2D eigenvalue weighted by molar-refractivity contribution is 0.509. The molecule has 2 rings (SSSR count). The molecule has 1 N–H and O–H groups in total. The molecule has 0 amide bonds. The Morgan fingerprint density at radius 3 is 1.72 bits per heavy atom. The molecule has 0 spiro atoms. The van der Waals surface area contributed by atoms with E-state index in [1.165, 1.54) is 47.1 Å². The SMILES string of the molecule is CNC(CC1CC1)c1c(C)c(C)c(C)c(C)c1C. The lowest BCUT2D eigenvalue weighted by Gasteiger charge is -2.25. The molecule has 1 aliphatic carbocycles. The van der Waals surface area contributed by atoms with Gasteiger partial charge in [0.25, 0.3) is 0 Å². The van der Waals surface area contributed by atoms with E-state index in [-0.39, 0.29) is 0 Å². The average molecular weight is 245 g/mol. The number of hydrogen-bond donors (Lipinski definition) is 1. The van der Waals surface area contributed by atoms with Crippen molar-refractivity contribution in [3.63, 3.8) is 0 Å². The summed E-state index contributed by atoms with van der Waals surface area (Å²) in [4.78, 5) is 0. The van der Waals surface area contributed by atoms with Gasteiger partial charge >= 0.3 is 0 Å². The van der Waals surface area contributed by atoms with Gasteiger partial charge < -0.3 is 5.32 Å². The predicted molar refractivity (Wildman–Crippen MR) is 79.3 cm³/mol. The smallest absolute Gasteiger partial charge is 0.0325 e. The van der Waals surface area contributed by atoms with Gasteiger partial charge in [0, 0.05) is 6.04 Å². The molecule has 0 bridgehead atoms. The van der Waals surface area contributed by atoms with Crippen molar-refractivity contribution in [1.29, 1.82) is 0 Å². The van der Waals surface area contributed by atoms with Crippen LogP contribution in [0.3, 0.4) is 0 Å². The normalized spacial score (nSPS) is 17.0.